The topological polar surface area (TPSA) is 23.6 Å². The van der Waals surface area contributed by atoms with Crippen molar-refractivity contribution in [3.63, 3.8) is 0 Å². The fourth-order valence-corrected chi connectivity index (χ4v) is 2.79. The summed E-state index contributed by atoms with van der Waals surface area (Å²) in [5, 5.41) is 0. The number of carbonyl (C=O) groups is 1. The predicted molar refractivity (Wildman–Crippen MR) is 56.0 cm³/mol. The van der Waals surface area contributed by atoms with Gasteiger partial charge in [0, 0.05) is 32.6 Å². The molecule has 14 heavy (non-hydrogen) atoms. The molecule has 0 N–H and O–H groups in total. The van der Waals surface area contributed by atoms with Crippen molar-refractivity contribution in [3.8, 4) is 0 Å². The van der Waals surface area contributed by atoms with Crippen LogP contribution in [-0.4, -0.2) is 47.9 Å². The Morgan fingerprint density at radius 2 is 2.14 bits per heavy atom. The zero-order valence-corrected chi connectivity index (χ0v) is 9.20. The molecule has 2 rings (SSSR count). The molecule has 2 aliphatic rings. The highest BCUT2D eigenvalue weighted by Crippen LogP contribution is 2.24. The molecule has 0 aromatic rings. The second kappa shape index (κ2) is 3.89. The van der Waals surface area contributed by atoms with Gasteiger partial charge in [-0.25, -0.2) is 0 Å². The lowest BCUT2D eigenvalue weighted by Gasteiger charge is -2.32. The van der Waals surface area contributed by atoms with Crippen LogP contribution in [0.25, 0.3) is 0 Å². The highest BCUT2D eigenvalue weighted by Gasteiger charge is 2.33. The van der Waals surface area contributed by atoms with Crippen molar-refractivity contribution in [2.75, 3.05) is 26.2 Å². The number of amides is 1. The summed E-state index contributed by atoms with van der Waals surface area (Å²) in [7, 11) is 0. The number of hydrogen-bond acceptors (Lipinski definition) is 2. The summed E-state index contributed by atoms with van der Waals surface area (Å²) in [6.07, 6.45) is 2.36. The van der Waals surface area contributed by atoms with E-state index in [-0.39, 0.29) is 5.91 Å². The van der Waals surface area contributed by atoms with Gasteiger partial charge in [0.25, 0.3) is 0 Å². The summed E-state index contributed by atoms with van der Waals surface area (Å²) < 4.78 is 0. The Kier molecular flexibility index (Phi) is 2.77. The number of rotatable bonds is 1. The van der Waals surface area contributed by atoms with Gasteiger partial charge in [-0.2, -0.15) is 0 Å². The minimum Gasteiger partial charge on any atom is -0.338 e. The van der Waals surface area contributed by atoms with Crippen molar-refractivity contribution in [1.29, 1.82) is 0 Å². The lowest BCUT2D eigenvalue weighted by atomic mass is 10.1. The molecule has 2 heterocycles. The van der Waals surface area contributed by atoms with E-state index in [1.54, 1.807) is 6.92 Å². The highest BCUT2D eigenvalue weighted by molar-refractivity contribution is 5.73. The van der Waals surface area contributed by atoms with Crippen molar-refractivity contribution in [1.82, 2.24) is 9.80 Å². The maximum atomic E-state index is 11.5. The SMILES string of the molecule is CCC1CN2CCC(C2)CN1C(C)=O. The Balaban J connectivity index is 2.10. The van der Waals surface area contributed by atoms with Gasteiger partial charge in [0.2, 0.25) is 5.91 Å². The summed E-state index contributed by atoms with van der Waals surface area (Å²) in [5.74, 6) is 0.987. The molecule has 0 spiro atoms. The second-order valence-electron chi connectivity index (χ2n) is 4.65. The molecule has 0 aromatic carbocycles. The van der Waals surface area contributed by atoms with E-state index in [2.05, 4.69) is 16.7 Å². The first-order valence-corrected chi connectivity index (χ1v) is 5.70. The number of fused-ring (bicyclic) bond motifs is 2. The number of hydrogen-bond donors (Lipinski definition) is 0. The van der Waals surface area contributed by atoms with E-state index >= 15 is 0 Å². The average Bonchev–Trinajstić information content (AvgIpc) is 2.46. The van der Waals surface area contributed by atoms with Crippen LogP contribution in [0.2, 0.25) is 0 Å². The van der Waals surface area contributed by atoms with Crippen LogP contribution in [0.5, 0.6) is 0 Å². The first-order valence-electron chi connectivity index (χ1n) is 5.70. The van der Waals surface area contributed by atoms with Gasteiger partial charge in [0.15, 0.2) is 0 Å². The van der Waals surface area contributed by atoms with Gasteiger partial charge in [0.05, 0.1) is 0 Å². The number of nitrogens with zero attached hydrogens (tertiary/aromatic N) is 2. The maximum absolute atomic E-state index is 11.5. The van der Waals surface area contributed by atoms with Crippen LogP contribution in [0.1, 0.15) is 26.7 Å². The minimum absolute atomic E-state index is 0.255. The lowest BCUT2D eigenvalue weighted by Crippen LogP contribution is -2.44. The maximum Gasteiger partial charge on any atom is 0.219 e. The summed E-state index contributed by atoms with van der Waals surface area (Å²) in [5.41, 5.74) is 0. The van der Waals surface area contributed by atoms with Crippen molar-refractivity contribution in [2.45, 2.75) is 32.7 Å². The summed E-state index contributed by atoms with van der Waals surface area (Å²) in [4.78, 5) is 16.1. The van der Waals surface area contributed by atoms with Crippen LogP contribution in [0, 0.1) is 5.92 Å². The molecular weight excluding hydrogens is 176 g/mol. The summed E-state index contributed by atoms with van der Waals surface area (Å²) in [6.45, 7) is 8.42. The van der Waals surface area contributed by atoms with Crippen LogP contribution in [0.3, 0.4) is 0 Å². The summed E-state index contributed by atoms with van der Waals surface area (Å²) in [6, 6.07) is 0.456. The van der Waals surface area contributed by atoms with Crippen LogP contribution in [0.4, 0.5) is 0 Å². The third kappa shape index (κ3) is 1.78. The summed E-state index contributed by atoms with van der Waals surface area (Å²) >= 11 is 0. The van der Waals surface area contributed by atoms with Gasteiger partial charge in [-0.15, -0.1) is 0 Å². The third-order valence-electron chi connectivity index (χ3n) is 3.61. The molecule has 3 atom stereocenters. The molecule has 80 valence electrons. The molecule has 2 aliphatic heterocycles. The Morgan fingerprint density at radius 3 is 2.79 bits per heavy atom. The Morgan fingerprint density at radius 1 is 1.36 bits per heavy atom. The predicted octanol–water partition coefficient (Wildman–Crippen LogP) is 0.949. The Labute approximate surface area is 86.1 Å². The fraction of sp³-hybridized carbons (Fsp3) is 0.909. The molecule has 2 bridgehead atoms. The second-order valence-corrected chi connectivity index (χ2v) is 4.65. The molecule has 3 unspecified atom stereocenters. The van der Waals surface area contributed by atoms with E-state index in [0.29, 0.717) is 6.04 Å². The largest absolute Gasteiger partial charge is 0.338 e. The monoisotopic (exact) mass is 196 g/mol. The third-order valence-corrected chi connectivity index (χ3v) is 3.61. The van der Waals surface area contributed by atoms with E-state index in [1.165, 1.54) is 19.5 Å². The lowest BCUT2D eigenvalue weighted by molar-refractivity contribution is -0.131. The van der Waals surface area contributed by atoms with E-state index in [0.717, 1.165) is 25.4 Å². The average molecular weight is 196 g/mol. The standard InChI is InChI=1S/C11H20N2O/c1-3-11-8-12-5-4-10(6-12)7-13(11)9(2)14/h10-11H,3-8H2,1-2H3. The van der Waals surface area contributed by atoms with E-state index in [1.807, 2.05) is 0 Å². The molecule has 3 nitrogen and oxygen atoms in total. The Bertz CT molecular complexity index is 229. The smallest absolute Gasteiger partial charge is 0.219 e. The number of carbonyl (C=O) groups excluding carboxylic acids is 1. The minimum atomic E-state index is 0.255. The first-order chi connectivity index (χ1) is 6.70. The fourth-order valence-electron chi connectivity index (χ4n) is 2.79. The molecule has 3 heteroatoms. The quantitative estimate of drug-likeness (QED) is 0.623. The molecule has 2 saturated heterocycles. The zero-order chi connectivity index (χ0) is 10.1. The van der Waals surface area contributed by atoms with E-state index in [4.69, 9.17) is 0 Å². The molecule has 0 radical (unpaired) electrons. The van der Waals surface area contributed by atoms with Gasteiger partial charge in [-0.1, -0.05) is 6.92 Å². The first kappa shape index (κ1) is 9.97. The van der Waals surface area contributed by atoms with Crippen molar-refractivity contribution < 1.29 is 4.79 Å². The van der Waals surface area contributed by atoms with Gasteiger partial charge in [-0.05, 0) is 25.3 Å². The normalized spacial score (nSPS) is 37.0. The van der Waals surface area contributed by atoms with Gasteiger partial charge in [-0.3, -0.25) is 4.79 Å². The van der Waals surface area contributed by atoms with Gasteiger partial charge >= 0.3 is 0 Å². The van der Waals surface area contributed by atoms with Crippen molar-refractivity contribution in [3.05, 3.63) is 0 Å². The van der Waals surface area contributed by atoms with Crippen LogP contribution in [0.15, 0.2) is 0 Å². The van der Waals surface area contributed by atoms with Crippen LogP contribution in [-0.2, 0) is 4.79 Å². The Hall–Kier alpha value is -0.570. The molecular formula is C11H20N2O. The molecule has 0 aliphatic carbocycles. The molecule has 2 fully saturated rings. The van der Waals surface area contributed by atoms with Crippen LogP contribution >= 0.6 is 0 Å². The van der Waals surface area contributed by atoms with Crippen LogP contribution < -0.4 is 0 Å². The molecule has 0 saturated carbocycles. The van der Waals surface area contributed by atoms with Gasteiger partial charge < -0.3 is 9.80 Å². The van der Waals surface area contributed by atoms with Crippen molar-refractivity contribution in [2.24, 2.45) is 5.92 Å². The van der Waals surface area contributed by atoms with Gasteiger partial charge in [0.1, 0.15) is 0 Å². The highest BCUT2D eigenvalue weighted by atomic mass is 16.2. The van der Waals surface area contributed by atoms with E-state index < -0.39 is 0 Å². The molecule has 1 amide bonds. The molecule has 0 aromatic heterocycles. The zero-order valence-electron chi connectivity index (χ0n) is 9.20. The van der Waals surface area contributed by atoms with Crippen molar-refractivity contribution >= 4 is 5.91 Å². The van der Waals surface area contributed by atoms with E-state index in [9.17, 15) is 4.79 Å².